The Bertz CT molecular complexity index is 880. The van der Waals surface area contributed by atoms with Gasteiger partial charge in [-0.25, -0.2) is 0 Å². The molecule has 0 bridgehead atoms. The Labute approximate surface area is 188 Å². The summed E-state index contributed by atoms with van der Waals surface area (Å²) >= 11 is 0. The van der Waals surface area contributed by atoms with Crippen LogP contribution in [0, 0.1) is 10.1 Å². The van der Waals surface area contributed by atoms with E-state index in [4.69, 9.17) is 0 Å². The molecule has 0 saturated carbocycles. The number of carbonyl (C=O) groups is 2. The summed E-state index contributed by atoms with van der Waals surface area (Å²) in [5, 5.41) is 23.9. The quantitative estimate of drug-likeness (QED) is 0.388. The van der Waals surface area contributed by atoms with Crippen LogP contribution in [0.5, 0.6) is 0 Å². The lowest BCUT2D eigenvalue weighted by molar-refractivity contribution is -0.491. The van der Waals surface area contributed by atoms with Gasteiger partial charge in [-0.1, -0.05) is 44.2 Å². The van der Waals surface area contributed by atoms with Crippen molar-refractivity contribution < 1.29 is 19.6 Å². The van der Waals surface area contributed by atoms with Gasteiger partial charge in [-0.05, 0) is 49.1 Å². The van der Waals surface area contributed by atoms with Crippen molar-refractivity contribution in [3.05, 3.63) is 81.4 Å². The average Bonchev–Trinajstić information content (AvgIpc) is 2.78. The van der Waals surface area contributed by atoms with Gasteiger partial charge in [0.1, 0.15) is 6.10 Å². The maximum absolute atomic E-state index is 12.8. The van der Waals surface area contributed by atoms with E-state index in [9.17, 15) is 24.8 Å². The Balaban J connectivity index is 2.13. The van der Waals surface area contributed by atoms with E-state index in [1.54, 1.807) is 29.2 Å². The van der Waals surface area contributed by atoms with E-state index in [1.165, 1.54) is 0 Å². The van der Waals surface area contributed by atoms with E-state index < -0.39 is 29.5 Å². The number of aliphatic hydroxyl groups excluding tert-OH is 1. The van der Waals surface area contributed by atoms with Crippen LogP contribution in [-0.4, -0.2) is 58.5 Å². The second-order valence-electron chi connectivity index (χ2n) is 7.72. The van der Waals surface area contributed by atoms with Gasteiger partial charge in [0.05, 0.1) is 6.04 Å². The fourth-order valence-electron chi connectivity index (χ4n) is 3.48. The zero-order chi connectivity index (χ0) is 23.5. The van der Waals surface area contributed by atoms with E-state index in [0.717, 1.165) is 18.4 Å². The Morgan fingerprint density at radius 1 is 1.00 bits per heavy atom. The average molecular weight is 442 g/mol. The number of nitro groups is 1. The molecule has 0 unspecified atom stereocenters. The molecular weight excluding hydrogens is 410 g/mol. The van der Waals surface area contributed by atoms with Gasteiger partial charge in [0, 0.05) is 29.1 Å². The van der Waals surface area contributed by atoms with E-state index in [0.29, 0.717) is 24.2 Å². The fraction of sp³-hybridized carbons (Fsp3) is 0.417. The molecule has 2 aromatic rings. The monoisotopic (exact) mass is 441 g/mol. The molecule has 172 valence electrons. The summed E-state index contributed by atoms with van der Waals surface area (Å²) in [7, 11) is 0. The summed E-state index contributed by atoms with van der Waals surface area (Å²) in [4.78, 5) is 37.5. The molecule has 32 heavy (non-hydrogen) atoms. The van der Waals surface area contributed by atoms with Gasteiger partial charge < -0.3 is 15.3 Å². The van der Waals surface area contributed by atoms with Crippen LogP contribution in [0.3, 0.4) is 0 Å². The molecule has 0 aliphatic heterocycles. The molecule has 0 radical (unpaired) electrons. The minimum Gasteiger partial charge on any atom is -0.384 e. The first-order valence-corrected chi connectivity index (χ1v) is 10.9. The van der Waals surface area contributed by atoms with Crippen molar-refractivity contribution in [2.24, 2.45) is 0 Å². The minimum atomic E-state index is -1.34. The molecule has 2 aromatic carbocycles. The molecule has 2 N–H and O–H groups in total. The number of hydrogen-bond acceptors (Lipinski definition) is 5. The molecule has 2 atom stereocenters. The predicted molar refractivity (Wildman–Crippen MR) is 122 cm³/mol. The lowest BCUT2D eigenvalue weighted by Crippen LogP contribution is -2.47. The first-order valence-electron chi connectivity index (χ1n) is 10.9. The molecule has 0 spiro atoms. The second kappa shape index (κ2) is 12.6. The lowest BCUT2D eigenvalue weighted by atomic mass is 10.0. The van der Waals surface area contributed by atoms with Crippen molar-refractivity contribution in [2.75, 3.05) is 19.6 Å². The van der Waals surface area contributed by atoms with Crippen molar-refractivity contribution >= 4 is 11.8 Å². The number of nitrogens with one attached hydrogen (secondary N) is 1. The van der Waals surface area contributed by atoms with Crippen LogP contribution in [0.2, 0.25) is 0 Å². The van der Waals surface area contributed by atoms with Crippen LogP contribution in [0.4, 0.5) is 0 Å². The summed E-state index contributed by atoms with van der Waals surface area (Å²) < 4.78 is 0. The molecule has 2 rings (SSSR count). The summed E-state index contributed by atoms with van der Waals surface area (Å²) in [5.41, 5.74) is 1.65. The summed E-state index contributed by atoms with van der Waals surface area (Å²) in [6.45, 7) is 4.70. The lowest BCUT2D eigenvalue weighted by Gasteiger charge is -2.23. The van der Waals surface area contributed by atoms with Crippen LogP contribution in [0.1, 0.15) is 53.0 Å². The topological polar surface area (TPSA) is 113 Å². The van der Waals surface area contributed by atoms with Gasteiger partial charge in [-0.2, -0.15) is 0 Å². The van der Waals surface area contributed by atoms with Crippen molar-refractivity contribution in [3.8, 4) is 0 Å². The number of aliphatic hydroxyl groups is 1. The highest BCUT2D eigenvalue weighted by Gasteiger charge is 2.26. The summed E-state index contributed by atoms with van der Waals surface area (Å²) in [6, 6.07) is 14.6. The third-order valence-corrected chi connectivity index (χ3v) is 5.08. The highest BCUT2D eigenvalue weighted by Crippen LogP contribution is 2.12. The van der Waals surface area contributed by atoms with Crippen molar-refractivity contribution in [1.82, 2.24) is 10.2 Å². The van der Waals surface area contributed by atoms with Crippen LogP contribution < -0.4 is 5.32 Å². The summed E-state index contributed by atoms with van der Waals surface area (Å²) in [5.74, 6) is -0.546. The first-order chi connectivity index (χ1) is 15.3. The molecule has 0 aromatic heterocycles. The largest absolute Gasteiger partial charge is 0.384 e. The van der Waals surface area contributed by atoms with Gasteiger partial charge in [0.15, 0.2) is 0 Å². The Kier molecular flexibility index (Phi) is 9.81. The SMILES string of the molecule is CCCN(CCC)C(=O)c1ccc(C(=O)N[C@@H](Cc2ccccc2)[C@H](O)C[N+](=O)[O-])cc1. The van der Waals surface area contributed by atoms with Gasteiger partial charge in [0.25, 0.3) is 11.8 Å². The van der Waals surface area contributed by atoms with Crippen molar-refractivity contribution in [2.45, 2.75) is 45.3 Å². The third-order valence-electron chi connectivity index (χ3n) is 5.08. The molecule has 8 nitrogen and oxygen atoms in total. The number of benzene rings is 2. The van der Waals surface area contributed by atoms with Crippen molar-refractivity contribution in [3.63, 3.8) is 0 Å². The van der Waals surface area contributed by atoms with E-state index in [1.807, 2.05) is 44.2 Å². The number of nitrogens with zero attached hydrogens (tertiary/aromatic N) is 2. The number of carbonyl (C=O) groups excluding carboxylic acids is 2. The molecule has 0 heterocycles. The molecule has 0 saturated heterocycles. The van der Waals surface area contributed by atoms with Gasteiger partial charge in [-0.3, -0.25) is 19.7 Å². The smallest absolute Gasteiger partial charge is 0.253 e. The van der Waals surface area contributed by atoms with Gasteiger partial charge in [-0.15, -0.1) is 0 Å². The van der Waals surface area contributed by atoms with E-state index in [-0.39, 0.29) is 12.3 Å². The minimum absolute atomic E-state index is 0.0796. The van der Waals surface area contributed by atoms with Gasteiger partial charge in [0.2, 0.25) is 6.54 Å². The van der Waals surface area contributed by atoms with E-state index in [2.05, 4.69) is 5.32 Å². The summed E-state index contributed by atoms with van der Waals surface area (Å²) in [6.07, 6.45) is 0.635. The normalized spacial score (nSPS) is 12.6. The van der Waals surface area contributed by atoms with Crippen LogP contribution >= 0.6 is 0 Å². The standard InChI is InChI=1S/C24H31N3O5/c1-3-14-26(15-4-2)24(30)20-12-10-19(11-13-20)23(29)25-21(22(28)17-27(31)32)16-18-8-6-5-7-9-18/h5-13,21-22,28H,3-4,14-17H2,1-2H3,(H,25,29)/t21-,22+/m0/s1. The zero-order valence-electron chi connectivity index (χ0n) is 18.6. The molecule has 0 fully saturated rings. The third kappa shape index (κ3) is 7.46. The molecular formula is C24H31N3O5. The van der Waals surface area contributed by atoms with Crippen LogP contribution in [-0.2, 0) is 6.42 Å². The zero-order valence-corrected chi connectivity index (χ0v) is 18.6. The maximum Gasteiger partial charge on any atom is 0.253 e. The van der Waals surface area contributed by atoms with Crippen molar-refractivity contribution in [1.29, 1.82) is 0 Å². The second-order valence-corrected chi connectivity index (χ2v) is 7.72. The molecule has 2 amide bonds. The Morgan fingerprint density at radius 3 is 2.09 bits per heavy atom. The number of rotatable bonds is 12. The Morgan fingerprint density at radius 2 is 1.56 bits per heavy atom. The maximum atomic E-state index is 12.8. The molecule has 0 aliphatic rings. The van der Waals surface area contributed by atoms with Gasteiger partial charge >= 0.3 is 0 Å². The van der Waals surface area contributed by atoms with E-state index >= 15 is 0 Å². The van der Waals surface area contributed by atoms with Crippen LogP contribution in [0.15, 0.2) is 54.6 Å². The molecule has 0 aliphatic carbocycles. The number of amides is 2. The van der Waals surface area contributed by atoms with Crippen LogP contribution in [0.25, 0.3) is 0 Å². The highest BCUT2D eigenvalue weighted by molar-refractivity contribution is 5.98. The molecule has 8 heteroatoms. The fourth-order valence-corrected chi connectivity index (χ4v) is 3.48. The Hall–Kier alpha value is -3.26. The highest BCUT2D eigenvalue weighted by atomic mass is 16.6. The first kappa shape index (κ1) is 25.0. The predicted octanol–water partition coefficient (Wildman–Crippen LogP) is 2.93. The number of hydrogen-bond donors (Lipinski definition) is 2.